The molecule has 1 atom stereocenters. The van der Waals surface area contributed by atoms with Crippen LogP contribution in [0.5, 0.6) is 0 Å². The second kappa shape index (κ2) is 8.97. The van der Waals surface area contributed by atoms with E-state index in [1.165, 1.54) is 4.80 Å². The molecule has 0 aliphatic rings. The van der Waals surface area contributed by atoms with E-state index in [1.54, 1.807) is 18.6 Å². The first-order valence-corrected chi connectivity index (χ1v) is 9.72. The van der Waals surface area contributed by atoms with Gasteiger partial charge in [-0.3, -0.25) is 9.78 Å². The van der Waals surface area contributed by atoms with E-state index >= 15 is 0 Å². The van der Waals surface area contributed by atoms with Gasteiger partial charge in [-0.1, -0.05) is 30.2 Å². The first kappa shape index (κ1) is 20.0. The van der Waals surface area contributed by atoms with Crippen LogP contribution in [0.2, 0.25) is 5.02 Å². The summed E-state index contributed by atoms with van der Waals surface area (Å²) in [6, 6.07) is 9.61. The summed E-state index contributed by atoms with van der Waals surface area (Å²) in [5.41, 5.74) is 3.27. The van der Waals surface area contributed by atoms with Gasteiger partial charge in [-0.15, -0.1) is 0 Å². The SMILES string of the molecule is CC[C@@H](CCc1ccc(Cl)cn1)N(C)C(=O)c1cc(C)ccc1-n1nccn1. The van der Waals surface area contributed by atoms with Crippen LogP contribution in [-0.2, 0) is 6.42 Å². The Labute approximate surface area is 170 Å². The van der Waals surface area contributed by atoms with Crippen LogP contribution in [0.4, 0.5) is 0 Å². The third-order valence-corrected chi connectivity index (χ3v) is 5.10. The molecule has 0 radical (unpaired) electrons. The summed E-state index contributed by atoms with van der Waals surface area (Å²) < 4.78 is 0. The molecule has 1 amide bonds. The number of pyridine rings is 1. The van der Waals surface area contributed by atoms with Gasteiger partial charge in [0.25, 0.3) is 5.91 Å². The van der Waals surface area contributed by atoms with Crippen molar-refractivity contribution in [1.29, 1.82) is 0 Å². The molecular formula is C21H24ClN5O. The summed E-state index contributed by atoms with van der Waals surface area (Å²) in [7, 11) is 1.86. The van der Waals surface area contributed by atoms with Crippen molar-refractivity contribution in [2.45, 2.75) is 39.2 Å². The predicted molar refractivity (Wildman–Crippen MR) is 110 cm³/mol. The second-order valence-corrected chi connectivity index (χ2v) is 7.26. The number of aryl methyl sites for hydroxylation is 2. The van der Waals surface area contributed by atoms with Gasteiger partial charge in [0.2, 0.25) is 0 Å². The van der Waals surface area contributed by atoms with Crippen LogP contribution in [0.3, 0.4) is 0 Å². The van der Waals surface area contributed by atoms with E-state index < -0.39 is 0 Å². The molecule has 146 valence electrons. The van der Waals surface area contributed by atoms with Crippen molar-refractivity contribution in [3.8, 4) is 5.69 Å². The molecular weight excluding hydrogens is 374 g/mol. The van der Waals surface area contributed by atoms with Gasteiger partial charge in [-0.25, -0.2) is 0 Å². The summed E-state index contributed by atoms with van der Waals surface area (Å²) >= 11 is 5.90. The smallest absolute Gasteiger partial charge is 0.256 e. The van der Waals surface area contributed by atoms with Crippen LogP contribution >= 0.6 is 11.6 Å². The fourth-order valence-corrected chi connectivity index (χ4v) is 3.34. The Morgan fingerprint density at radius 2 is 1.96 bits per heavy atom. The molecule has 28 heavy (non-hydrogen) atoms. The van der Waals surface area contributed by atoms with Gasteiger partial charge in [0.05, 0.1) is 28.7 Å². The number of carbonyl (C=O) groups is 1. The van der Waals surface area contributed by atoms with Crippen molar-refractivity contribution < 1.29 is 4.79 Å². The summed E-state index contributed by atoms with van der Waals surface area (Å²) in [5.74, 6) is -0.0353. The Morgan fingerprint density at radius 1 is 1.21 bits per heavy atom. The normalized spacial score (nSPS) is 12.0. The second-order valence-electron chi connectivity index (χ2n) is 6.82. The highest BCUT2D eigenvalue weighted by Gasteiger charge is 2.23. The van der Waals surface area contributed by atoms with Crippen molar-refractivity contribution in [2.24, 2.45) is 0 Å². The molecule has 0 saturated heterocycles. The maximum Gasteiger partial charge on any atom is 0.256 e. The van der Waals surface area contributed by atoms with Gasteiger partial charge in [-0.2, -0.15) is 15.0 Å². The van der Waals surface area contributed by atoms with Gasteiger partial charge in [-0.05, 0) is 50.5 Å². The molecule has 7 heteroatoms. The number of nitrogens with zero attached hydrogens (tertiary/aromatic N) is 5. The van der Waals surface area contributed by atoms with E-state index in [4.69, 9.17) is 11.6 Å². The van der Waals surface area contributed by atoms with E-state index in [9.17, 15) is 4.79 Å². The van der Waals surface area contributed by atoms with Crippen molar-refractivity contribution in [1.82, 2.24) is 24.9 Å². The van der Waals surface area contributed by atoms with E-state index in [2.05, 4.69) is 22.1 Å². The number of carbonyl (C=O) groups excluding carboxylic acids is 1. The minimum absolute atomic E-state index is 0.0353. The number of halogens is 1. The van der Waals surface area contributed by atoms with Crippen LogP contribution in [0.1, 0.15) is 41.4 Å². The molecule has 0 bridgehead atoms. The topological polar surface area (TPSA) is 63.9 Å². The Morgan fingerprint density at radius 3 is 2.61 bits per heavy atom. The van der Waals surface area contributed by atoms with Crippen LogP contribution in [0.25, 0.3) is 5.69 Å². The summed E-state index contributed by atoms with van der Waals surface area (Å²) in [5, 5.41) is 8.99. The van der Waals surface area contributed by atoms with Crippen molar-refractivity contribution in [2.75, 3.05) is 7.05 Å². The van der Waals surface area contributed by atoms with Gasteiger partial charge < -0.3 is 4.90 Å². The van der Waals surface area contributed by atoms with E-state index in [1.807, 2.05) is 49.2 Å². The Hall–Kier alpha value is -2.73. The van der Waals surface area contributed by atoms with Crippen molar-refractivity contribution in [3.63, 3.8) is 0 Å². The minimum Gasteiger partial charge on any atom is -0.339 e. The number of hydrogen-bond acceptors (Lipinski definition) is 4. The Bertz CT molecular complexity index is 924. The van der Waals surface area contributed by atoms with Gasteiger partial charge in [0.15, 0.2) is 0 Å². The summed E-state index contributed by atoms with van der Waals surface area (Å²) in [4.78, 5) is 20.9. The minimum atomic E-state index is -0.0353. The lowest BCUT2D eigenvalue weighted by atomic mass is 10.0. The fraction of sp³-hybridized carbons (Fsp3) is 0.333. The van der Waals surface area contributed by atoms with Gasteiger partial charge in [0, 0.05) is 25.0 Å². The zero-order chi connectivity index (χ0) is 20.1. The molecule has 0 unspecified atom stereocenters. The molecule has 0 saturated carbocycles. The van der Waals surface area contributed by atoms with Crippen molar-refractivity contribution in [3.05, 3.63) is 70.8 Å². The highest BCUT2D eigenvalue weighted by molar-refractivity contribution is 6.30. The molecule has 2 aromatic heterocycles. The van der Waals surface area contributed by atoms with E-state index in [0.29, 0.717) is 16.3 Å². The van der Waals surface area contributed by atoms with Crippen molar-refractivity contribution >= 4 is 17.5 Å². The van der Waals surface area contributed by atoms with Gasteiger partial charge in [0.1, 0.15) is 0 Å². The van der Waals surface area contributed by atoms with Crippen LogP contribution < -0.4 is 0 Å². The molecule has 6 nitrogen and oxygen atoms in total. The molecule has 0 aliphatic carbocycles. The maximum atomic E-state index is 13.3. The number of rotatable bonds is 7. The van der Waals surface area contributed by atoms with Crippen LogP contribution in [0.15, 0.2) is 48.9 Å². The number of aromatic nitrogens is 4. The molecule has 0 fully saturated rings. The maximum absolute atomic E-state index is 13.3. The zero-order valence-electron chi connectivity index (χ0n) is 16.3. The molecule has 0 N–H and O–H groups in total. The van der Waals surface area contributed by atoms with Gasteiger partial charge >= 0.3 is 0 Å². The third-order valence-electron chi connectivity index (χ3n) is 4.88. The highest BCUT2D eigenvalue weighted by atomic mass is 35.5. The molecule has 1 aromatic carbocycles. The van der Waals surface area contributed by atoms with E-state index in [-0.39, 0.29) is 11.9 Å². The Balaban J connectivity index is 1.78. The summed E-state index contributed by atoms with van der Waals surface area (Å²) in [6.07, 6.45) is 7.33. The molecule has 2 heterocycles. The fourth-order valence-electron chi connectivity index (χ4n) is 3.23. The average molecular weight is 398 g/mol. The standard InChI is InChI=1S/C21H24ClN5O/c1-4-18(9-8-17-7-6-16(22)14-23-17)26(3)21(28)19-13-15(2)5-10-20(19)27-24-11-12-25-27/h5-7,10-14,18H,4,8-9H2,1-3H3/t18-/m0/s1. The number of amides is 1. The predicted octanol–water partition coefficient (Wildman–Crippen LogP) is 4.11. The van der Waals surface area contributed by atoms with Crippen LogP contribution in [0, 0.1) is 6.92 Å². The molecule has 3 aromatic rings. The first-order chi connectivity index (χ1) is 13.5. The third kappa shape index (κ3) is 4.57. The highest BCUT2D eigenvalue weighted by Crippen LogP contribution is 2.20. The van der Waals surface area contributed by atoms with E-state index in [0.717, 1.165) is 30.5 Å². The zero-order valence-corrected chi connectivity index (χ0v) is 17.1. The summed E-state index contributed by atoms with van der Waals surface area (Å²) in [6.45, 7) is 4.07. The lowest BCUT2D eigenvalue weighted by Crippen LogP contribution is -2.37. The van der Waals surface area contributed by atoms with Crippen LogP contribution in [-0.4, -0.2) is 43.9 Å². The number of benzene rings is 1. The number of hydrogen-bond donors (Lipinski definition) is 0. The Kier molecular flexibility index (Phi) is 6.41. The average Bonchev–Trinajstić information content (AvgIpc) is 3.23. The molecule has 3 rings (SSSR count). The molecule has 0 spiro atoms. The largest absolute Gasteiger partial charge is 0.339 e. The monoisotopic (exact) mass is 397 g/mol. The first-order valence-electron chi connectivity index (χ1n) is 9.34. The molecule has 0 aliphatic heterocycles. The quantitative estimate of drug-likeness (QED) is 0.601. The lowest BCUT2D eigenvalue weighted by Gasteiger charge is -2.28. The lowest BCUT2D eigenvalue weighted by molar-refractivity contribution is 0.0719.